The number of hydrogen-bond acceptors (Lipinski definition) is 5. The number of aromatic amines is 1. The quantitative estimate of drug-likeness (QED) is 0.476. The Labute approximate surface area is 206 Å². The Morgan fingerprint density at radius 1 is 1.03 bits per heavy atom. The first-order valence-electron chi connectivity index (χ1n) is 12.2. The first kappa shape index (κ1) is 24.4. The highest BCUT2D eigenvalue weighted by atomic mass is 16.2. The Hall–Kier alpha value is -3.68. The standard InChI is InChI=1S/C27H34N6O2/c1-18-8-9-20(13-22(18)23-14-24(32-31-23)26(35)29-17-27(2,3)4)30-25(34)19-12-21(16-28-15-19)33-10-6-5-7-11-33/h8-9,12-16H,5-7,10-11,17H2,1-4H3,(H,29,35)(H,30,34)(H,31,32). The molecule has 0 aliphatic carbocycles. The monoisotopic (exact) mass is 474 g/mol. The molecule has 0 radical (unpaired) electrons. The van der Waals surface area contributed by atoms with Crippen LogP contribution in [0, 0.1) is 12.3 Å². The zero-order valence-electron chi connectivity index (χ0n) is 20.9. The van der Waals surface area contributed by atoms with Crippen LogP contribution < -0.4 is 15.5 Å². The summed E-state index contributed by atoms with van der Waals surface area (Å²) in [5.41, 5.74) is 5.03. The minimum atomic E-state index is -0.213. The second-order valence-corrected chi connectivity index (χ2v) is 10.4. The average molecular weight is 475 g/mol. The average Bonchev–Trinajstić information content (AvgIpc) is 3.34. The maximum Gasteiger partial charge on any atom is 0.269 e. The molecule has 1 aliphatic heterocycles. The lowest BCUT2D eigenvalue weighted by atomic mass is 9.97. The van der Waals surface area contributed by atoms with E-state index in [1.54, 1.807) is 12.3 Å². The van der Waals surface area contributed by atoms with Gasteiger partial charge in [-0.2, -0.15) is 5.10 Å². The molecule has 1 aliphatic rings. The van der Waals surface area contributed by atoms with Crippen LogP contribution in [0.5, 0.6) is 0 Å². The summed E-state index contributed by atoms with van der Waals surface area (Å²) in [6.07, 6.45) is 6.98. The summed E-state index contributed by atoms with van der Waals surface area (Å²) in [6, 6.07) is 9.31. The van der Waals surface area contributed by atoms with Gasteiger partial charge in [0, 0.05) is 37.1 Å². The largest absolute Gasteiger partial charge is 0.370 e. The summed E-state index contributed by atoms with van der Waals surface area (Å²) in [4.78, 5) is 32.0. The first-order valence-corrected chi connectivity index (χ1v) is 12.2. The number of hydrogen-bond donors (Lipinski definition) is 3. The fourth-order valence-corrected chi connectivity index (χ4v) is 4.07. The third-order valence-electron chi connectivity index (χ3n) is 6.08. The van der Waals surface area contributed by atoms with Crippen LogP contribution in [0.25, 0.3) is 11.3 Å². The third kappa shape index (κ3) is 6.26. The van der Waals surface area contributed by atoms with Crippen molar-refractivity contribution in [1.29, 1.82) is 0 Å². The van der Waals surface area contributed by atoms with Gasteiger partial charge in [-0.3, -0.25) is 19.7 Å². The Morgan fingerprint density at radius 3 is 2.54 bits per heavy atom. The van der Waals surface area contributed by atoms with Crippen molar-refractivity contribution in [3.8, 4) is 11.3 Å². The van der Waals surface area contributed by atoms with Crippen molar-refractivity contribution in [2.24, 2.45) is 5.41 Å². The van der Waals surface area contributed by atoms with Gasteiger partial charge in [0.2, 0.25) is 0 Å². The van der Waals surface area contributed by atoms with Crippen LogP contribution in [0.3, 0.4) is 0 Å². The van der Waals surface area contributed by atoms with Crippen molar-refractivity contribution in [2.45, 2.75) is 47.0 Å². The molecule has 1 saturated heterocycles. The van der Waals surface area contributed by atoms with Crippen LogP contribution in [-0.4, -0.2) is 46.6 Å². The van der Waals surface area contributed by atoms with Crippen LogP contribution in [0.1, 0.15) is 66.4 Å². The van der Waals surface area contributed by atoms with Gasteiger partial charge in [0.05, 0.1) is 23.1 Å². The van der Waals surface area contributed by atoms with E-state index in [4.69, 9.17) is 0 Å². The van der Waals surface area contributed by atoms with Gasteiger partial charge in [0.15, 0.2) is 0 Å². The maximum atomic E-state index is 13.0. The van der Waals surface area contributed by atoms with Crippen molar-refractivity contribution >= 4 is 23.2 Å². The lowest BCUT2D eigenvalue weighted by Crippen LogP contribution is -2.32. The number of pyridine rings is 1. The fraction of sp³-hybridized carbons (Fsp3) is 0.407. The predicted octanol–water partition coefficient (Wildman–Crippen LogP) is 4.80. The molecule has 35 heavy (non-hydrogen) atoms. The number of H-pyrrole nitrogens is 1. The second kappa shape index (κ2) is 10.3. The van der Waals surface area contributed by atoms with Crippen LogP contribution in [0.4, 0.5) is 11.4 Å². The van der Waals surface area contributed by atoms with Crippen molar-refractivity contribution in [3.05, 3.63) is 59.5 Å². The molecule has 8 nitrogen and oxygen atoms in total. The van der Waals surface area contributed by atoms with E-state index in [9.17, 15) is 9.59 Å². The SMILES string of the molecule is Cc1ccc(NC(=O)c2cncc(N3CCCCC3)c2)cc1-c1cc(C(=O)NCC(C)(C)C)[nH]n1. The number of rotatable bonds is 6. The van der Waals surface area contributed by atoms with E-state index >= 15 is 0 Å². The molecule has 0 atom stereocenters. The van der Waals surface area contributed by atoms with E-state index in [1.807, 2.05) is 37.4 Å². The number of benzene rings is 1. The molecule has 0 unspecified atom stereocenters. The summed E-state index contributed by atoms with van der Waals surface area (Å²) in [5.74, 6) is -0.405. The van der Waals surface area contributed by atoms with Crippen LogP contribution in [0.2, 0.25) is 0 Å². The molecule has 2 aromatic heterocycles. The number of carbonyl (C=O) groups is 2. The van der Waals surface area contributed by atoms with Gasteiger partial charge in [-0.15, -0.1) is 0 Å². The lowest BCUT2D eigenvalue weighted by molar-refractivity contribution is 0.0933. The lowest BCUT2D eigenvalue weighted by Gasteiger charge is -2.28. The van der Waals surface area contributed by atoms with Crippen molar-refractivity contribution in [3.63, 3.8) is 0 Å². The second-order valence-electron chi connectivity index (χ2n) is 10.4. The fourth-order valence-electron chi connectivity index (χ4n) is 4.07. The van der Waals surface area contributed by atoms with Crippen LogP contribution >= 0.6 is 0 Å². The molecule has 2 amide bonds. The molecule has 0 bridgehead atoms. The number of aryl methyl sites for hydroxylation is 1. The van der Waals surface area contributed by atoms with Crippen LogP contribution in [-0.2, 0) is 0 Å². The summed E-state index contributed by atoms with van der Waals surface area (Å²) in [6.45, 7) is 10.7. The number of nitrogens with one attached hydrogen (secondary N) is 3. The highest BCUT2D eigenvalue weighted by Crippen LogP contribution is 2.27. The van der Waals surface area contributed by atoms with Gasteiger partial charge in [-0.25, -0.2) is 0 Å². The molecule has 3 aromatic rings. The molecule has 184 valence electrons. The molecule has 3 N–H and O–H groups in total. The van der Waals surface area contributed by atoms with E-state index in [-0.39, 0.29) is 17.2 Å². The Morgan fingerprint density at radius 2 is 1.80 bits per heavy atom. The predicted molar refractivity (Wildman–Crippen MR) is 139 cm³/mol. The first-order chi connectivity index (χ1) is 16.7. The molecule has 0 saturated carbocycles. The number of anilines is 2. The Kier molecular flexibility index (Phi) is 7.19. The number of aromatic nitrogens is 3. The van der Waals surface area contributed by atoms with E-state index < -0.39 is 0 Å². The molecule has 1 fully saturated rings. The molecule has 8 heteroatoms. The highest BCUT2D eigenvalue weighted by molar-refractivity contribution is 6.05. The van der Waals surface area contributed by atoms with Crippen LogP contribution in [0.15, 0.2) is 42.7 Å². The van der Waals surface area contributed by atoms with Gasteiger partial charge in [0.1, 0.15) is 5.69 Å². The van der Waals surface area contributed by atoms with Crippen molar-refractivity contribution in [2.75, 3.05) is 29.9 Å². The van der Waals surface area contributed by atoms with Gasteiger partial charge in [-0.05, 0) is 61.4 Å². The summed E-state index contributed by atoms with van der Waals surface area (Å²) >= 11 is 0. The van der Waals surface area contributed by atoms with Crippen molar-refractivity contribution in [1.82, 2.24) is 20.5 Å². The topological polar surface area (TPSA) is 103 Å². The minimum absolute atomic E-state index is 0.00947. The molecule has 4 rings (SSSR count). The van der Waals surface area contributed by atoms with E-state index in [1.165, 1.54) is 6.42 Å². The molecule has 1 aromatic carbocycles. The summed E-state index contributed by atoms with van der Waals surface area (Å²) < 4.78 is 0. The van der Waals surface area contributed by atoms with Gasteiger partial charge in [-0.1, -0.05) is 26.8 Å². The maximum absolute atomic E-state index is 13.0. The molecular formula is C27H34N6O2. The number of piperidine rings is 1. The highest BCUT2D eigenvalue weighted by Gasteiger charge is 2.17. The Bertz CT molecular complexity index is 1200. The zero-order chi connectivity index (χ0) is 25.0. The summed E-state index contributed by atoms with van der Waals surface area (Å²) in [7, 11) is 0. The van der Waals surface area contributed by atoms with Gasteiger partial charge in [0.25, 0.3) is 11.8 Å². The number of amides is 2. The van der Waals surface area contributed by atoms with E-state index in [0.717, 1.165) is 42.7 Å². The van der Waals surface area contributed by atoms with E-state index in [0.29, 0.717) is 29.2 Å². The minimum Gasteiger partial charge on any atom is -0.370 e. The summed E-state index contributed by atoms with van der Waals surface area (Å²) in [5, 5.41) is 13.1. The van der Waals surface area contributed by atoms with Gasteiger partial charge >= 0.3 is 0 Å². The Balaban J connectivity index is 1.48. The van der Waals surface area contributed by atoms with E-state index in [2.05, 4.69) is 51.5 Å². The van der Waals surface area contributed by atoms with Gasteiger partial charge < -0.3 is 15.5 Å². The smallest absolute Gasteiger partial charge is 0.269 e. The molecular weight excluding hydrogens is 440 g/mol. The van der Waals surface area contributed by atoms with Crippen molar-refractivity contribution < 1.29 is 9.59 Å². The normalized spacial score (nSPS) is 14.0. The number of nitrogens with zero attached hydrogens (tertiary/aromatic N) is 3. The number of carbonyl (C=O) groups excluding carboxylic acids is 2. The molecule has 0 spiro atoms. The zero-order valence-corrected chi connectivity index (χ0v) is 20.9. The molecule has 3 heterocycles. The third-order valence-corrected chi connectivity index (χ3v) is 6.08.